The topological polar surface area (TPSA) is 65.5 Å². The molecule has 22 heavy (non-hydrogen) atoms. The maximum Gasteiger partial charge on any atom is 0.242 e. The summed E-state index contributed by atoms with van der Waals surface area (Å²) in [4.78, 5) is 8.78. The van der Waals surface area contributed by atoms with Crippen LogP contribution >= 0.6 is 0 Å². The summed E-state index contributed by atoms with van der Waals surface area (Å²) in [5, 5.41) is 0. The molecule has 1 atom stereocenters. The lowest BCUT2D eigenvalue weighted by Crippen LogP contribution is -2.54. The molecule has 1 fully saturated rings. The smallest absolute Gasteiger partial charge is 0.242 e. The molecule has 6 nitrogen and oxygen atoms in total. The number of nitrogens with zero attached hydrogens (tertiary/aromatic N) is 3. The van der Waals surface area contributed by atoms with Gasteiger partial charge in [-0.1, -0.05) is 13.8 Å². The van der Waals surface area contributed by atoms with Gasteiger partial charge in [-0.25, -0.2) is 13.1 Å². The van der Waals surface area contributed by atoms with Crippen molar-refractivity contribution >= 4 is 10.0 Å². The molecule has 0 bridgehead atoms. The van der Waals surface area contributed by atoms with Gasteiger partial charge in [-0.05, 0) is 25.1 Å². The summed E-state index contributed by atoms with van der Waals surface area (Å²) in [5.41, 5.74) is 0. The Bertz CT molecular complexity index is 554. The van der Waals surface area contributed by atoms with E-state index in [9.17, 15) is 8.42 Å². The Labute approximate surface area is 133 Å². The number of hydrogen-bond acceptors (Lipinski definition) is 5. The minimum absolute atomic E-state index is 0.208. The van der Waals surface area contributed by atoms with Crippen molar-refractivity contribution < 1.29 is 8.42 Å². The fourth-order valence-corrected chi connectivity index (χ4v) is 3.74. The van der Waals surface area contributed by atoms with Gasteiger partial charge in [0.05, 0.1) is 0 Å². The third-order valence-electron chi connectivity index (χ3n) is 4.20. The molecule has 1 aromatic heterocycles. The predicted molar refractivity (Wildman–Crippen MR) is 87.1 cm³/mol. The van der Waals surface area contributed by atoms with Gasteiger partial charge in [0.15, 0.2) is 0 Å². The van der Waals surface area contributed by atoms with Crippen molar-refractivity contribution in [1.29, 1.82) is 0 Å². The van der Waals surface area contributed by atoms with Gasteiger partial charge in [0.25, 0.3) is 0 Å². The van der Waals surface area contributed by atoms with Gasteiger partial charge in [-0.15, -0.1) is 0 Å². The minimum atomic E-state index is -3.49. The lowest BCUT2D eigenvalue weighted by Gasteiger charge is -2.39. The van der Waals surface area contributed by atoms with Crippen molar-refractivity contribution in [3.05, 3.63) is 24.5 Å². The van der Waals surface area contributed by atoms with E-state index < -0.39 is 10.0 Å². The molecular weight excluding hydrogens is 300 g/mol. The molecule has 7 heteroatoms. The lowest BCUT2D eigenvalue weighted by atomic mass is 10.0. The monoisotopic (exact) mass is 326 g/mol. The molecule has 0 spiro atoms. The second kappa shape index (κ2) is 7.50. The van der Waals surface area contributed by atoms with Gasteiger partial charge in [0.2, 0.25) is 10.0 Å². The number of piperazine rings is 1. The number of nitrogens with one attached hydrogen (secondary N) is 1. The normalized spacial score (nSPS) is 19.5. The Morgan fingerprint density at radius 1 is 1.27 bits per heavy atom. The maximum atomic E-state index is 12.3. The molecule has 0 unspecified atom stereocenters. The van der Waals surface area contributed by atoms with E-state index in [2.05, 4.69) is 40.4 Å². The molecular formula is C15H26N4O2S. The molecule has 1 N–H and O–H groups in total. The molecule has 0 saturated carbocycles. The molecule has 0 aliphatic carbocycles. The number of sulfonamides is 1. The number of pyridine rings is 1. The summed E-state index contributed by atoms with van der Waals surface area (Å²) in [7, 11) is -1.37. The van der Waals surface area contributed by atoms with E-state index >= 15 is 0 Å². The van der Waals surface area contributed by atoms with Crippen molar-refractivity contribution in [3.8, 4) is 0 Å². The highest BCUT2D eigenvalue weighted by Crippen LogP contribution is 2.14. The fraction of sp³-hybridized carbons (Fsp3) is 0.667. The van der Waals surface area contributed by atoms with Crippen molar-refractivity contribution in [1.82, 2.24) is 19.5 Å². The van der Waals surface area contributed by atoms with Crippen LogP contribution in [-0.2, 0) is 10.0 Å². The molecule has 0 aromatic carbocycles. The zero-order chi connectivity index (χ0) is 16.2. The standard InChI is InChI=1S/C15H26N4O2S/c1-13(2)15(19-9-7-18(3)8-10-19)12-17-22(20,21)14-5-4-6-16-11-14/h4-6,11,13,15,17H,7-10,12H2,1-3H3/t15-/m1/s1. The summed E-state index contributed by atoms with van der Waals surface area (Å²) in [6, 6.07) is 3.41. The zero-order valence-electron chi connectivity index (χ0n) is 13.6. The Hall–Kier alpha value is -1.02. The van der Waals surface area contributed by atoms with E-state index in [-0.39, 0.29) is 10.9 Å². The van der Waals surface area contributed by atoms with E-state index in [0.717, 1.165) is 26.2 Å². The summed E-state index contributed by atoms with van der Waals surface area (Å²) in [6.45, 7) is 8.72. The van der Waals surface area contributed by atoms with Crippen LogP contribution in [-0.4, -0.2) is 69.0 Å². The molecule has 2 rings (SSSR count). The first-order valence-corrected chi connectivity index (χ1v) is 9.21. The van der Waals surface area contributed by atoms with Gasteiger partial charge in [0, 0.05) is 51.2 Å². The van der Waals surface area contributed by atoms with Crippen LogP contribution in [0.4, 0.5) is 0 Å². The van der Waals surface area contributed by atoms with Gasteiger partial charge < -0.3 is 4.90 Å². The van der Waals surface area contributed by atoms with E-state index in [1.54, 1.807) is 18.3 Å². The zero-order valence-corrected chi connectivity index (χ0v) is 14.4. The Morgan fingerprint density at radius 3 is 2.50 bits per heavy atom. The number of aromatic nitrogens is 1. The van der Waals surface area contributed by atoms with E-state index in [0.29, 0.717) is 12.5 Å². The molecule has 1 aliphatic rings. The van der Waals surface area contributed by atoms with E-state index in [1.807, 2.05) is 0 Å². The highest BCUT2D eigenvalue weighted by molar-refractivity contribution is 7.89. The Kier molecular flexibility index (Phi) is 5.91. The van der Waals surface area contributed by atoms with E-state index in [4.69, 9.17) is 0 Å². The summed E-state index contributed by atoms with van der Waals surface area (Å²) >= 11 is 0. The van der Waals surface area contributed by atoms with Crippen LogP contribution in [0.1, 0.15) is 13.8 Å². The molecule has 2 heterocycles. The van der Waals surface area contributed by atoms with Crippen molar-refractivity contribution in [2.75, 3.05) is 39.8 Å². The number of likely N-dealkylation sites (N-methyl/N-ethyl adjacent to an activating group) is 1. The number of hydrogen-bond donors (Lipinski definition) is 1. The second-order valence-electron chi connectivity index (χ2n) is 6.19. The van der Waals surface area contributed by atoms with Crippen LogP contribution in [0.2, 0.25) is 0 Å². The van der Waals surface area contributed by atoms with Crippen molar-refractivity contribution in [2.24, 2.45) is 5.92 Å². The largest absolute Gasteiger partial charge is 0.304 e. The van der Waals surface area contributed by atoms with Crippen molar-refractivity contribution in [2.45, 2.75) is 24.8 Å². The highest BCUT2D eigenvalue weighted by atomic mass is 32.2. The first kappa shape index (κ1) is 17.3. The molecule has 124 valence electrons. The Balaban J connectivity index is 2.00. The fourth-order valence-electron chi connectivity index (χ4n) is 2.72. The van der Waals surface area contributed by atoms with Gasteiger partial charge in [-0.2, -0.15) is 0 Å². The third kappa shape index (κ3) is 4.49. The maximum absolute atomic E-state index is 12.3. The van der Waals surface area contributed by atoms with Crippen LogP contribution in [0.3, 0.4) is 0 Å². The first-order chi connectivity index (χ1) is 10.4. The predicted octanol–water partition coefficient (Wildman–Crippen LogP) is 0.632. The molecule has 1 aromatic rings. The quantitative estimate of drug-likeness (QED) is 0.831. The van der Waals surface area contributed by atoms with Crippen LogP contribution in [0, 0.1) is 5.92 Å². The lowest BCUT2D eigenvalue weighted by molar-refractivity contribution is 0.0905. The average Bonchev–Trinajstić information content (AvgIpc) is 2.50. The Morgan fingerprint density at radius 2 is 1.95 bits per heavy atom. The summed E-state index contributed by atoms with van der Waals surface area (Å²) in [6.07, 6.45) is 2.95. The molecule has 0 amide bonds. The molecule has 1 saturated heterocycles. The first-order valence-electron chi connectivity index (χ1n) is 7.72. The van der Waals surface area contributed by atoms with Gasteiger partial charge >= 0.3 is 0 Å². The number of rotatable bonds is 6. The molecule has 1 aliphatic heterocycles. The molecule has 0 radical (unpaired) electrons. The SMILES string of the molecule is CC(C)[C@@H](CNS(=O)(=O)c1cccnc1)N1CCN(C)CC1. The highest BCUT2D eigenvalue weighted by Gasteiger charge is 2.26. The third-order valence-corrected chi connectivity index (χ3v) is 5.61. The summed E-state index contributed by atoms with van der Waals surface area (Å²) < 4.78 is 27.4. The van der Waals surface area contributed by atoms with Crippen LogP contribution in [0.5, 0.6) is 0 Å². The average molecular weight is 326 g/mol. The summed E-state index contributed by atoms with van der Waals surface area (Å²) in [5.74, 6) is 0.389. The van der Waals surface area contributed by atoms with E-state index in [1.165, 1.54) is 6.20 Å². The van der Waals surface area contributed by atoms with Crippen molar-refractivity contribution in [3.63, 3.8) is 0 Å². The van der Waals surface area contributed by atoms with Crippen LogP contribution in [0.25, 0.3) is 0 Å². The van der Waals surface area contributed by atoms with Crippen LogP contribution < -0.4 is 4.72 Å². The minimum Gasteiger partial charge on any atom is -0.304 e. The van der Waals surface area contributed by atoms with Gasteiger partial charge in [-0.3, -0.25) is 9.88 Å². The van der Waals surface area contributed by atoms with Gasteiger partial charge in [0.1, 0.15) is 4.90 Å². The second-order valence-corrected chi connectivity index (χ2v) is 7.96. The van der Waals surface area contributed by atoms with Crippen LogP contribution in [0.15, 0.2) is 29.4 Å².